The van der Waals surface area contributed by atoms with Crippen molar-refractivity contribution < 1.29 is 15.0 Å². The number of rotatable bonds is 22. The lowest BCUT2D eigenvalue weighted by Gasteiger charge is -2.10. The summed E-state index contributed by atoms with van der Waals surface area (Å²) in [6.07, 6.45) is 25.0. The van der Waals surface area contributed by atoms with Crippen molar-refractivity contribution in [1.29, 1.82) is 0 Å². The van der Waals surface area contributed by atoms with Crippen LogP contribution in [0.2, 0.25) is 0 Å². The first-order valence-corrected chi connectivity index (χ1v) is 12.1. The molecule has 3 nitrogen and oxygen atoms in total. The average molecular weight is 385 g/mol. The number of unbranched alkanes of at least 4 members (excludes halogenated alkanes) is 16. The van der Waals surface area contributed by atoms with Gasteiger partial charge in [-0.2, -0.15) is 0 Å². The van der Waals surface area contributed by atoms with Gasteiger partial charge in [-0.15, -0.1) is 0 Å². The Morgan fingerprint density at radius 1 is 0.593 bits per heavy atom. The zero-order valence-corrected chi connectivity index (χ0v) is 18.2. The summed E-state index contributed by atoms with van der Waals surface area (Å²) in [7, 11) is 0. The molecule has 162 valence electrons. The monoisotopic (exact) mass is 384 g/mol. The van der Waals surface area contributed by atoms with Crippen LogP contribution in [-0.2, 0) is 4.79 Å². The molecule has 0 amide bonds. The highest BCUT2D eigenvalue weighted by atomic mass is 16.4. The van der Waals surface area contributed by atoms with E-state index in [1.54, 1.807) is 0 Å². The third-order valence-electron chi connectivity index (χ3n) is 5.57. The lowest BCUT2D eigenvalue weighted by Crippen LogP contribution is -2.05. The largest absolute Gasteiger partial charge is 0.481 e. The maximum Gasteiger partial charge on any atom is 0.303 e. The van der Waals surface area contributed by atoms with Crippen LogP contribution in [0.1, 0.15) is 142 Å². The van der Waals surface area contributed by atoms with E-state index in [4.69, 9.17) is 5.11 Å². The molecule has 0 aliphatic rings. The van der Waals surface area contributed by atoms with Crippen LogP contribution in [0.25, 0.3) is 0 Å². The minimum absolute atomic E-state index is 0.0595. The maximum absolute atomic E-state index is 10.4. The van der Waals surface area contributed by atoms with Crippen molar-refractivity contribution >= 4 is 5.97 Å². The van der Waals surface area contributed by atoms with Gasteiger partial charge in [-0.3, -0.25) is 4.79 Å². The molecular weight excluding hydrogens is 336 g/mol. The van der Waals surface area contributed by atoms with E-state index in [-0.39, 0.29) is 6.10 Å². The first-order chi connectivity index (χ1) is 13.2. The van der Waals surface area contributed by atoms with E-state index < -0.39 is 5.97 Å². The van der Waals surface area contributed by atoms with Crippen molar-refractivity contribution in [3.63, 3.8) is 0 Å². The number of hydrogen-bond donors (Lipinski definition) is 2. The van der Waals surface area contributed by atoms with Crippen molar-refractivity contribution in [3.8, 4) is 0 Å². The molecule has 0 radical (unpaired) electrons. The van der Waals surface area contributed by atoms with Crippen molar-refractivity contribution in [2.45, 2.75) is 148 Å². The van der Waals surface area contributed by atoms with Crippen LogP contribution >= 0.6 is 0 Å². The number of aliphatic hydroxyl groups is 1. The molecule has 3 heteroatoms. The van der Waals surface area contributed by atoms with Crippen LogP contribution in [0.4, 0.5) is 0 Å². The summed E-state index contributed by atoms with van der Waals surface area (Å²) in [5, 5.41) is 18.6. The fraction of sp³-hybridized carbons (Fsp3) is 0.958. The summed E-state index contributed by atoms with van der Waals surface area (Å²) in [6, 6.07) is 0. The number of aliphatic hydroxyl groups excluding tert-OH is 1. The normalized spacial score (nSPS) is 12.4. The molecule has 27 heavy (non-hydrogen) atoms. The van der Waals surface area contributed by atoms with Crippen LogP contribution in [0.3, 0.4) is 0 Å². The Morgan fingerprint density at radius 3 is 1.30 bits per heavy atom. The Morgan fingerprint density at radius 2 is 0.926 bits per heavy atom. The zero-order chi connectivity index (χ0) is 20.0. The molecule has 0 aromatic carbocycles. The SMILES string of the molecule is CCCCCCCC(O)CCCCCCCCCCCCCCCC(=O)O. The summed E-state index contributed by atoms with van der Waals surface area (Å²) in [5.74, 6) is -0.663. The summed E-state index contributed by atoms with van der Waals surface area (Å²) >= 11 is 0. The van der Waals surface area contributed by atoms with Gasteiger partial charge in [-0.05, 0) is 19.3 Å². The number of carboxylic acid groups (broad SMARTS) is 1. The number of carbonyl (C=O) groups is 1. The molecule has 0 saturated heterocycles. The van der Waals surface area contributed by atoms with Gasteiger partial charge in [-0.1, -0.05) is 116 Å². The first-order valence-electron chi connectivity index (χ1n) is 12.1. The van der Waals surface area contributed by atoms with Gasteiger partial charge < -0.3 is 10.2 Å². The van der Waals surface area contributed by atoms with Gasteiger partial charge in [0.1, 0.15) is 0 Å². The quantitative estimate of drug-likeness (QED) is 0.188. The number of carboxylic acids is 1. The van der Waals surface area contributed by atoms with E-state index in [0.29, 0.717) is 6.42 Å². The van der Waals surface area contributed by atoms with Gasteiger partial charge >= 0.3 is 5.97 Å². The van der Waals surface area contributed by atoms with E-state index in [0.717, 1.165) is 25.7 Å². The van der Waals surface area contributed by atoms with Crippen LogP contribution in [-0.4, -0.2) is 22.3 Å². The van der Waals surface area contributed by atoms with Crippen molar-refractivity contribution in [2.24, 2.45) is 0 Å². The molecular formula is C24H48O3. The molecule has 1 unspecified atom stereocenters. The molecule has 0 heterocycles. The fourth-order valence-corrected chi connectivity index (χ4v) is 3.73. The van der Waals surface area contributed by atoms with E-state index in [1.807, 2.05) is 0 Å². The molecule has 0 rings (SSSR count). The molecule has 0 bridgehead atoms. The molecule has 0 aliphatic heterocycles. The molecule has 1 atom stereocenters. The highest BCUT2D eigenvalue weighted by Crippen LogP contribution is 2.15. The Bertz CT molecular complexity index is 304. The molecule has 0 spiro atoms. The Labute approximate surface area is 169 Å². The second kappa shape index (κ2) is 21.7. The number of hydrogen-bond acceptors (Lipinski definition) is 2. The van der Waals surface area contributed by atoms with Crippen molar-refractivity contribution in [3.05, 3.63) is 0 Å². The molecule has 2 N–H and O–H groups in total. The molecule has 0 aliphatic carbocycles. The van der Waals surface area contributed by atoms with Crippen LogP contribution < -0.4 is 0 Å². The summed E-state index contributed by atoms with van der Waals surface area (Å²) < 4.78 is 0. The molecule has 0 aromatic heterocycles. The van der Waals surface area contributed by atoms with Crippen LogP contribution in [0.5, 0.6) is 0 Å². The smallest absolute Gasteiger partial charge is 0.303 e. The minimum atomic E-state index is -0.663. The maximum atomic E-state index is 10.4. The summed E-state index contributed by atoms with van der Waals surface area (Å²) in [5.41, 5.74) is 0. The van der Waals surface area contributed by atoms with Crippen molar-refractivity contribution in [2.75, 3.05) is 0 Å². The Hall–Kier alpha value is -0.570. The van der Waals surface area contributed by atoms with E-state index in [2.05, 4.69) is 6.92 Å². The van der Waals surface area contributed by atoms with Gasteiger partial charge in [-0.25, -0.2) is 0 Å². The topological polar surface area (TPSA) is 57.5 Å². The third kappa shape index (κ3) is 23.4. The lowest BCUT2D eigenvalue weighted by molar-refractivity contribution is -0.137. The van der Waals surface area contributed by atoms with E-state index in [1.165, 1.54) is 103 Å². The average Bonchev–Trinajstić information content (AvgIpc) is 2.64. The molecule has 0 saturated carbocycles. The van der Waals surface area contributed by atoms with Gasteiger partial charge in [0.05, 0.1) is 6.10 Å². The second-order valence-corrected chi connectivity index (χ2v) is 8.39. The first kappa shape index (κ1) is 26.4. The highest BCUT2D eigenvalue weighted by Gasteiger charge is 2.03. The number of aliphatic carboxylic acids is 1. The van der Waals surface area contributed by atoms with Gasteiger partial charge in [0, 0.05) is 6.42 Å². The standard InChI is InChI=1S/C24H48O3/c1-2-3-4-14-17-20-23(25)21-18-15-12-10-8-6-5-7-9-11-13-16-19-22-24(26)27/h23,25H,2-22H2,1H3,(H,26,27). The minimum Gasteiger partial charge on any atom is -0.481 e. The molecule has 0 fully saturated rings. The van der Waals surface area contributed by atoms with E-state index >= 15 is 0 Å². The Balaban J connectivity index is 3.11. The Kier molecular flexibility index (Phi) is 21.3. The second-order valence-electron chi connectivity index (χ2n) is 8.39. The van der Waals surface area contributed by atoms with Gasteiger partial charge in [0.2, 0.25) is 0 Å². The fourth-order valence-electron chi connectivity index (χ4n) is 3.73. The summed E-state index contributed by atoms with van der Waals surface area (Å²) in [4.78, 5) is 10.4. The third-order valence-corrected chi connectivity index (χ3v) is 5.57. The van der Waals surface area contributed by atoms with Gasteiger partial charge in [0.25, 0.3) is 0 Å². The molecule has 0 aromatic rings. The van der Waals surface area contributed by atoms with Crippen LogP contribution in [0, 0.1) is 0 Å². The van der Waals surface area contributed by atoms with Crippen LogP contribution in [0.15, 0.2) is 0 Å². The predicted molar refractivity (Wildman–Crippen MR) is 116 cm³/mol. The zero-order valence-electron chi connectivity index (χ0n) is 18.2. The van der Waals surface area contributed by atoms with Gasteiger partial charge in [0.15, 0.2) is 0 Å². The van der Waals surface area contributed by atoms with E-state index in [9.17, 15) is 9.90 Å². The predicted octanol–water partition coefficient (Wildman–Crippen LogP) is 7.64. The highest BCUT2D eigenvalue weighted by molar-refractivity contribution is 5.66. The summed E-state index contributed by atoms with van der Waals surface area (Å²) in [6.45, 7) is 2.24. The van der Waals surface area contributed by atoms with Crippen molar-refractivity contribution in [1.82, 2.24) is 0 Å². The lowest BCUT2D eigenvalue weighted by atomic mass is 10.0.